The van der Waals surface area contributed by atoms with Crippen molar-refractivity contribution < 1.29 is 18.0 Å². The molecule has 2 unspecified atom stereocenters. The van der Waals surface area contributed by atoms with E-state index < -0.39 is 11.9 Å². The van der Waals surface area contributed by atoms with Crippen LogP contribution in [-0.4, -0.2) is 52.5 Å². The Morgan fingerprint density at radius 2 is 1.96 bits per heavy atom. The van der Waals surface area contributed by atoms with Crippen molar-refractivity contribution in [3.63, 3.8) is 0 Å². The molecule has 2 aromatic rings. The molecule has 1 aromatic carbocycles. The number of nitrogens with zero attached hydrogens (tertiary/aromatic N) is 4. The van der Waals surface area contributed by atoms with Gasteiger partial charge >= 0.3 is 6.18 Å². The molecule has 0 aliphatic carbocycles. The second-order valence-electron chi connectivity index (χ2n) is 7.30. The highest BCUT2D eigenvalue weighted by Gasteiger charge is 2.45. The zero-order valence-corrected chi connectivity index (χ0v) is 15.3. The van der Waals surface area contributed by atoms with Crippen LogP contribution in [0.15, 0.2) is 36.7 Å². The first-order valence-corrected chi connectivity index (χ1v) is 9.06. The lowest BCUT2D eigenvalue weighted by atomic mass is 9.87. The summed E-state index contributed by atoms with van der Waals surface area (Å²) in [6.07, 6.45) is -2.60. The van der Waals surface area contributed by atoms with Crippen molar-refractivity contribution in [2.75, 3.05) is 29.9 Å². The second-order valence-corrected chi connectivity index (χ2v) is 7.30. The Labute approximate surface area is 160 Å². The molecule has 3 fully saturated rings. The number of aromatic nitrogens is 2. The molecule has 2 bridgehead atoms. The number of nitrogens with one attached hydrogen (secondary N) is 1. The first-order valence-electron chi connectivity index (χ1n) is 9.06. The average Bonchev–Trinajstić information content (AvgIpc) is 2.66. The first-order chi connectivity index (χ1) is 13.3. The number of hydrogen-bond acceptors (Lipinski definition) is 5. The van der Waals surface area contributed by atoms with E-state index in [-0.39, 0.29) is 30.4 Å². The number of anilines is 2. The molecule has 148 valence electrons. The number of carbonyl (C=O) groups excluding carboxylic acids is 1. The molecule has 0 radical (unpaired) electrons. The molecule has 1 aromatic heterocycles. The van der Waals surface area contributed by atoms with Crippen LogP contribution in [0, 0.1) is 6.92 Å². The van der Waals surface area contributed by atoms with Crippen molar-refractivity contribution in [3.05, 3.63) is 47.9 Å². The van der Waals surface area contributed by atoms with Gasteiger partial charge in [-0.15, -0.1) is 0 Å². The van der Waals surface area contributed by atoms with Crippen molar-refractivity contribution in [3.8, 4) is 0 Å². The number of fused-ring (bicyclic) bond motifs is 2. The van der Waals surface area contributed by atoms with Crippen LogP contribution in [-0.2, 0) is 11.0 Å². The third kappa shape index (κ3) is 3.80. The summed E-state index contributed by atoms with van der Waals surface area (Å²) in [5, 5.41) is 2.90. The Balaban J connectivity index is 1.36. The number of hydrogen-bond donors (Lipinski definition) is 1. The Bertz CT molecular complexity index is 876. The molecule has 2 atom stereocenters. The van der Waals surface area contributed by atoms with Gasteiger partial charge in [-0.3, -0.25) is 9.69 Å². The standard InChI is InChI=1S/C19H20F3N5O/c1-12-3-2-4-13(5-12)25-18(28)10-27-14-6-15(27)9-26(8-14)17-7-16(19(20,21)22)23-11-24-17/h2-5,7,11,14-15H,6,8-10H2,1H3,(H,25,28). The predicted octanol–water partition coefficient (Wildman–Crippen LogP) is 2.71. The molecule has 0 spiro atoms. The Morgan fingerprint density at radius 3 is 2.64 bits per heavy atom. The van der Waals surface area contributed by atoms with Crippen LogP contribution >= 0.6 is 0 Å². The molecule has 4 heterocycles. The number of benzene rings is 1. The van der Waals surface area contributed by atoms with Crippen LogP contribution in [0.25, 0.3) is 0 Å². The fraction of sp³-hybridized carbons (Fsp3) is 0.421. The summed E-state index contributed by atoms with van der Waals surface area (Å²) in [6, 6.07) is 8.84. The van der Waals surface area contributed by atoms with E-state index in [0.717, 1.165) is 30.1 Å². The maximum Gasteiger partial charge on any atom is 0.433 e. The zero-order valence-electron chi connectivity index (χ0n) is 15.3. The van der Waals surface area contributed by atoms with E-state index in [1.165, 1.54) is 0 Å². The molecule has 28 heavy (non-hydrogen) atoms. The quantitative estimate of drug-likeness (QED) is 0.869. The van der Waals surface area contributed by atoms with Crippen LogP contribution in [0.2, 0.25) is 0 Å². The molecule has 1 N–H and O–H groups in total. The number of alkyl halides is 3. The molecule has 6 nitrogen and oxygen atoms in total. The summed E-state index contributed by atoms with van der Waals surface area (Å²) in [7, 11) is 0. The minimum absolute atomic E-state index is 0.0878. The van der Waals surface area contributed by atoms with E-state index in [4.69, 9.17) is 0 Å². The highest BCUT2D eigenvalue weighted by molar-refractivity contribution is 5.92. The second kappa shape index (κ2) is 7.05. The van der Waals surface area contributed by atoms with Gasteiger partial charge in [-0.05, 0) is 31.0 Å². The van der Waals surface area contributed by atoms with Crippen LogP contribution in [0.3, 0.4) is 0 Å². The van der Waals surface area contributed by atoms with Crippen molar-refractivity contribution in [1.82, 2.24) is 14.9 Å². The van der Waals surface area contributed by atoms with E-state index >= 15 is 0 Å². The number of rotatable bonds is 4. The maximum absolute atomic E-state index is 12.9. The van der Waals surface area contributed by atoms with Gasteiger partial charge < -0.3 is 10.2 Å². The third-order valence-electron chi connectivity index (χ3n) is 5.24. The number of amides is 1. The largest absolute Gasteiger partial charge is 0.433 e. The summed E-state index contributed by atoms with van der Waals surface area (Å²) in [5.41, 5.74) is 0.890. The normalized spacial score (nSPS) is 21.9. The Hall–Kier alpha value is -2.68. The lowest BCUT2D eigenvalue weighted by Crippen LogP contribution is -2.69. The van der Waals surface area contributed by atoms with E-state index in [1.54, 1.807) is 0 Å². The van der Waals surface area contributed by atoms with E-state index in [0.29, 0.717) is 13.1 Å². The molecular formula is C19H20F3N5O. The predicted molar refractivity (Wildman–Crippen MR) is 98.0 cm³/mol. The van der Waals surface area contributed by atoms with Crippen LogP contribution < -0.4 is 10.2 Å². The Kier molecular flexibility index (Phi) is 4.70. The van der Waals surface area contributed by atoms with Crippen molar-refractivity contribution in [1.29, 1.82) is 0 Å². The molecule has 0 saturated carbocycles. The number of carbonyl (C=O) groups is 1. The zero-order chi connectivity index (χ0) is 19.9. The maximum atomic E-state index is 12.9. The van der Waals surface area contributed by atoms with Gasteiger partial charge in [0.2, 0.25) is 5.91 Å². The van der Waals surface area contributed by atoms with Gasteiger partial charge in [0.15, 0.2) is 0 Å². The molecule has 3 aliphatic heterocycles. The number of piperazine rings is 1. The lowest BCUT2D eigenvalue weighted by molar-refractivity contribution is -0.141. The van der Waals surface area contributed by atoms with Crippen molar-refractivity contribution in [2.24, 2.45) is 0 Å². The fourth-order valence-corrected chi connectivity index (χ4v) is 3.90. The molecule has 9 heteroatoms. The first kappa shape index (κ1) is 18.7. The highest BCUT2D eigenvalue weighted by Crippen LogP contribution is 2.35. The number of piperidine rings is 1. The topological polar surface area (TPSA) is 61.4 Å². The minimum atomic E-state index is -4.49. The summed E-state index contributed by atoms with van der Waals surface area (Å²) in [6.45, 7) is 3.32. The SMILES string of the molecule is Cc1cccc(NC(=O)CN2C3CC2CN(c2cc(C(F)(F)F)ncn2)C3)c1. The molecule has 3 saturated heterocycles. The molecule has 1 amide bonds. The monoisotopic (exact) mass is 391 g/mol. The van der Waals surface area contributed by atoms with Gasteiger partial charge in [0.05, 0.1) is 6.54 Å². The van der Waals surface area contributed by atoms with Gasteiger partial charge in [-0.2, -0.15) is 13.2 Å². The smallest absolute Gasteiger partial charge is 0.353 e. The minimum Gasteiger partial charge on any atom is -0.353 e. The molecular weight excluding hydrogens is 371 g/mol. The van der Waals surface area contributed by atoms with Gasteiger partial charge in [-0.25, -0.2) is 9.97 Å². The number of halogens is 3. The van der Waals surface area contributed by atoms with E-state index in [9.17, 15) is 18.0 Å². The van der Waals surface area contributed by atoms with Gasteiger partial charge in [0.1, 0.15) is 17.8 Å². The van der Waals surface area contributed by atoms with Gasteiger partial charge in [-0.1, -0.05) is 12.1 Å². The fourth-order valence-electron chi connectivity index (χ4n) is 3.90. The van der Waals surface area contributed by atoms with E-state index in [1.807, 2.05) is 36.1 Å². The third-order valence-corrected chi connectivity index (χ3v) is 5.24. The summed E-state index contributed by atoms with van der Waals surface area (Å²) in [4.78, 5) is 23.6. The average molecular weight is 391 g/mol. The number of aryl methyl sites for hydroxylation is 1. The molecule has 5 rings (SSSR count). The van der Waals surface area contributed by atoms with Crippen molar-refractivity contribution in [2.45, 2.75) is 31.6 Å². The van der Waals surface area contributed by atoms with Crippen LogP contribution in [0.1, 0.15) is 17.7 Å². The molecule has 3 aliphatic rings. The van der Waals surface area contributed by atoms with Crippen molar-refractivity contribution >= 4 is 17.4 Å². The van der Waals surface area contributed by atoms with Crippen LogP contribution in [0.5, 0.6) is 0 Å². The van der Waals surface area contributed by atoms with E-state index in [2.05, 4.69) is 20.2 Å². The van der Waals surface area contributed by atoms with Crippen LogP contribution in [0.4, 0.5) is 24.7 Å². The summed E-state index contributed by atoms with van der Waals surface area (Å²) < 4.78 is 38.6. The highest BCUT2D eigenvalue weighted by atomic mass is 19.4. The summed E-state index contributed by atoms with van der Waals surface area (Å²) >= 11 is 0. The Morgan fingerprint density at radius 1 is 1.21 bits per heavy atom. The van der Waals surface area contributed by atoms with Gasteiger partial charge in [0.25, 0.3) is 0 Å². The van der Waals surface area contributed by atoms with Gasteiger partial charge in [0, 0.05) is 36.9 Å². The summed E-state index contributed by atoms with van der Waals surface area (Å²) in [5.74, 6) is 0.191. The lowest BCUT2D eigenvalue weighted by Gasteiger charge is -2.56.